The van der Waals surface area contributed by atoms with Crippen molar-refractivity contribution in [2.75, 3.05) is 0 Å². The van der Waals surface area contributed by atoms with E-state index in [4.69, 9.17) is 33.5 Å². The number of nitrogens with two attached hydrogens (primary N) is 2. The maximum absolute atomic E-state index is 11.1. The molecular formula is C18H24Cl2N4O4S2. The molecule has 2 aromatic rings. The van der Waals surface area contributed by atoms with E-state index in [1.165, 1.54) is 19.3 Å². The van der Waals surface area contributed by atoms with E-state index < -0.39 is 25.3 Å². The maximum Gasteiger partial charge on any atom is 0.234 e. The van der Waals surface area contributed by atoms with Crippen LogP contribution in [0.2, 0.25) is 10.0 Å². The topological polar surface area (TPSA) is 146 Å². The first-order valence-electron chi connectivity index (χ1n) is 8.59. The highest BCUT2D eigenvalue weighted by Gasteiger charge is 2.24. The first-order valence-corrected chi connectivity index (χ1v) is 12.5. The van der Waals surface area contributed by atoms with Crippen molar-refractivity contribution in [2.45, 2.75) is 38.9 Å². The van der Waals surface area contributed by atoms with Crippen molar-refractivity contribution < 1.29 is 16.8 Å². The van der Waals surface area contributed by atoms with Crippen LogP contribution < -0.4 is 10.3 Å². The third kappa shape index (κ3) is 7.93. The normalized spacial score (nSPS) is 14.8. The monoisotopic (exact) mass is 494 g/mol. The predicted molar refractivity (Wildman–Crippen MR) is 121 cm³/mol. The summed E-state index contributed by atoms with van der Waals surface area (Å²) in [5, 5.41) is 10.4. The van der Waals surface area contributed by atoms with Gasteiger partial charge in [-0.2, -0.15) is 0 Å². The average molecular weight is 495 g/mol. The first kappa shape index (κ1) is 26.5. The lowest BCUT2D eigenvalue weighted by Crippen LogP contribution is -2.30. The van der Waals surface area contributed by atoms with Gasteiger partial charge in [0.25, 0.3) is 0 Å². The maximum atomic E-state index is 11.1. The van der Waals surface area contributed by atoms with E-state index >= 15 is 0 Å². The molecule has 2 heterocycles. The second-order valence-electron chi connectivity index (χ2n) is 6.57. The Bertz CT molecular complexity index is 1100. The van der Waals surface area contributed by atoms with E-state index in [0.717, 1.165) is 0 Å². The first-order chi connectivity index (χ1) is 13.6. The van der Waals surface area contributed by atoms with Crippen LogP contribution in [0, 0.1) is 0 Å². The number of rotatable bonds is 5. The SMILES string of the molecule is C/C(=C(/C)S(N)(=O)=O)c1ccc(Cl)cn1.C[C@H](c1ccc(Cl)cn1)[C@H](C)S(N)(=O)=O. The number of halogens is 2. The molecule has 30 heavy (non-hydrogen) atoms. The molecule has 12 heteroatoms. The predicted octanol–water partition coefficient (Wildman–Crippen LogP) is 3.29. The molecule has 0 amide bonds. The molecule has 0 bridgehead atoms. The summed E-state index contributed by atoms with van der Waals surface area (Å²) in [6, 6.07) is 6.67. The van der Waals surface area contributed by atoms with E-state index in [2.05, 4.69) is 9.97 Å². The minimum absolute atomic E-state index is 0.109. The molecule has 2 atom stereocenters. The third-order valence-corrected chi connectivity index (χ3v) is 7.56. The highest BCUT2D eigenvalue weighted by Crippen LogP contribution is 2.22. The Labute approximate surface area is 187 Å². The molecule has 8 nitrogen and oxygen atoms in total. The molecule has 0 unspecified atom stereocenters. The lowest BCUT2D eigenvalue weighted by atomic mass is 10.0. The fourth-order valence-electron chi connectivity index (χ4n) is 2.17. The van der Waals surface area contributed by atoms with Crippen LogP contribution in [0.5, 0.6) is 0 Å². The van der Waals surface area contributed by atoms with Crippen LogP contribution in [-0.4, -0.2) is 32.1 Å². The van der Waals surface area contributed by atoms with Gasteiger partial charge in [0.15, 0.2) is 0 Å². The van der Waals surface area contributed by atoms with Gasteiger partial charge in [0, 0.05) is 24.0 Å². The van der Waals surface area contributed by atoms with Crippen LogP contribution in [0.3, 0.4) is 0 Å². The molecule has 2 rings (SSSR count). The minimum Gasteiger partial charge on any atom is -0.259 e. The quantitative estimate of drug-likeness (QED) is 0.651. The molecule has 0 saturated carbocycles. The third-order valence-electron chi connectivity index (χ3n) is 4.51. The molecule has 0 saturated heterocycles. The number of primary sulfonamides is 2. The molecule has 0 aliphatic rings. The lowest BCUT2D eigenvalue weighted by Gasteiger charge is -2.17. The summed E-state index contributed by atoms with van der Waals surface area (Å²) in [4.78, 5) is 8.17. The van der Waals surface area contributed by atoms with Gasteiger partial charge in [-0.05, 0) is 50.6 Å². The molecular weight excluding hydrogens is 471 g/mol. The Morgan fingerprint density at radius 3 is 1.77 bits per heavy atom. The van der Waals surface area contributed by atoms with E-state index in [1.54, 1.807) is 45.0 Å². The summed E-state index contributed by atoms with van der Waals surface area (Å²) < 4.78 is 44.4. The second-order valence-corrected chi connectivity index (χ2v) is 11.1. The van der Waals surface area contributed by atoms with Crippen LogP contribution >= 0.6 is 23.2 Å². The Morgan fingerprint density at radius 1 is 0.900 bits per heavy atom. The van der Waals surface area contributed by atoms with E-state index in [1.807, 2.05) is 0 Å². The number of pyridine rings is 2. The summed E-state index contributed by atoms with van der Waals surface area (Å²) >= 11 is 11.3. The molecule has 0 fully saturated rings. The number of allylic oxidation sites excluding steroid dienone is 2. The lowest BCUT2D eigenvalue weighted by molar-refractivity contribution is 0.568. The average Bonchev–Trinajstić information content (AvgIpc) is 2.66. The van der Waals surface area contributed by atoms with Crippen LogP contribution in [0.15, 0.2) is 41.6 Å². The Morgan fingerprint density at radius 2 is 1.40 bits per heavy atom. The number of hydrogen-bond donors (Lipinski definition) is 2. The van der Waals surface area contributed by atoms with Gasteiger partial charge in [-0.3, -0.25) is 9.97 Å². The number of aromatic nitrogens is 2. The van der Waals surface area contributed by atoms with E-state index in [9.17, 15) is 16.8 Å². The van der Waals surface area contributed by atoms with Crippen molar-refractivity contribution in [3.8, 4) is 0 Å². The Balaban J connectivity index is 0.000000300. The zero-order chi connectivity index (χ0) is 23.3. The number of nitrogens with zero attached hydrogens (tertiary/aromatic N) is 2. The smallest absolute Gasteiger partial charge is 0.234 e. The number of hydrogen-bond acceptors (Lipinski definition) is 6. The fraction of sp³-hybridized carbons (Fsp3) is 0.333. The van der Waals surface area contributed by atoms with Crippen LogP contribution in [0.1, 0.15) is 45.0 Å². The molecule has 0 spiro atoms. The van der Waals surface area contributed by atoms with Crippen molar-refractivity contribution in [2.24, 2.45) is 10.3 Å². The summed E-state index contributed by atoms with van der Waals surface area (Å²) in [5.74, 6) is -0.253. The van der Waals surface area contributed by atoms with Gasteiger partial charge in [0.2, 0.25) is 20.0 Å². The van der Waals surface area contributed by atoms with Crippen molar-refractivity contribution in [1.29, 1.82) is 0 Å². The zero-order valence-electron chi connectivity index (χ0n) is 16.9. The van der Waals surface area contributed by atoms with Crippen molar-refractivity contribution in [3.63, 3.8) is 0 Å². The molecule has 166 valence electrons. The van der Waals surface area contributed by atoms with Gasteiger partial charge in [-0.1, -0.05) is 30.1 Å². The van der Waals surface area contributed by atoms with Crippen LogP contribution in [-0.2, 0) is 20.0 Å². The summed E-state index contributed by atoms with van der Waals surface area (Å²) in [5.41, 5.74) is 1.74. The molecule has 0 radical (unpaired) electrons. The number of sulfonamides is 2. The zero-order valence-corrected chi connectivity index (χ0v) is 20.0. The van der Waals surface area contributed by atoms with E-state index in [-0.39, 0.29) is 10.8 Å². The van der Waals surface area contributed by atoms with Gasteiger partial charge >= 0.3 is 0 Å². The molecule has 0 aliphatic carbocycles. The van der Waals surface area contributed by atoms with Crippen molar-refractivity contribution >= 4 is 48.8 Å². The summed E-state index contributed by atoms with van der Waals surface area (Å²) in [7, 11) is -7.19. The van der Waals surface area contributed by atoms with Gasteiger partial charge in [-0.15, -0.1) is 0 Å². The standard InChI is InChI=1S/C9H13ClN2O2S.C9H11ClN2O2S/c2*1-6(7(2)15(11,13)14)9-4-3-8(10)5-12-9/h3-7H,1-2H3,(H2,11,13,14);3-5H,1-2H3,(H2,11,13,14)/b;7-6+/t6-,7-;/m0./s1. The van der Waals surface area contributed by atoms with Gasteiger partial charge in [0.1, 0.15) is 0 Å². The molecule has 2 aromatic heterocycles. The Kier molecular flexibility index (Phi) is 9.40. The fourth-order valence-corrected chi connectivity index (χ4v) is 3.64. The van der Waals surface area contributed by atoms with Crippen molar-refractivity contribution in [1.82, 2.24) is 9.97 Å². The molecule has 0 aliphatic heterocycles. The molecule has 4 N–H and O–H groups in total. The highest BCUT2D eigenvalue weighted by molar-refractivity contribution is 7.93. The van der Waals surface area contributed by atoms with Crippen molar-refractivity contribution in [3.05, 3.63) is 63.0 Å². The summed E-state index contributed by atoms with van der Waals surface area (Å²) in [6.45, 7) is 6.43. The largest absolute Gasteiger partial charge is 0.259 e. The summed E-state index contributed by atoms with van der Waals surface area (Å²) in [6.07, 6.45) is 2.94. The van der Waals surface area contributed by atoms with Gasteiger partial charge < -0.3 is 0 Å². The highest BCUT2D eigenvalue weighted by atomic mass is 35.5. The van der Waals surface area contributed by atoms with Crippen LogP contribution in [0.4, 0.5) is 0 Å². The van der Waals surface area contributed by atoms with Gasteiger partial charge in [0.05, 0.1) is 25.9 Å². The van der Waals surface area contributed by atoms with E-state index in [0.29, 0.717) is 27.0 Å². The molecule has 0 aromatic carbocycles. The van der Waals surface area contributed by atoms with Crippen LogP contribution in [0.25, 0.3) is 5.57 Å². The second kappa shape index (κ2) is 10.7. The van der Waals surface area contributed by atoms with Gasteiger partial charge in [-0.25, -0.2) is 27.1 Å². The Hall–Kier alpha value is -1.56. The minimum atomic E-state index is -3.65.